The highest BCUT2D eigenvalue weighted by atomic mass is 32.2. The van der Waals surface area contributed by atoms with Crippen molar-refractivity contribution in [2.24, 2.45) is 0 Å². The Morgan fingerprint density at radius 2 is 1.83 bits per heavy atom. The van der Waals surface area contributed by atoms with Crippen molar-refractivity contribution >= 4 is 21.1 Å². The summed E-state index contributed by atoms with van der Waals surface area (Å²) < 4.78 is 32.5. The largest absolute Gasteiger partial charge is 0.496 e. The van der Waals surface area contributed by atoms with Crippen LogP contribution in [0.25, 0.3) is 11.0 Å². The first kappa shape index (κ1) is 15.3. The molecule has 0 radical (unpaired) electrons. The Hall–Kier alpha value is -2.58. The van der Waals surface area contributed by atoms with Gasteiger partial charge < -0.3 is 14.7 Å². The summed E-state index contributed by atoms with van der Waals surface area (Å²) in [5.74, 6) is 0.612. The second kappa shape index (κ2) is 5.90. The molecule has 0 unspecified atom stereocenters. The zero-order valence-electron chi connectivity index (χ0n) is 12.3. The van der Waals surface area contributed by atoms with E-state index in [1.165, 1.54) is 19.2 Å². The molecule has 8 heteroatoms. The lowest BCUT2D eigenvalue weighted by atomic mass is 10.2. The number of para-hydroxylation sites is 1. The topological polar surface area (TPSA) is 104 Å². The van der Waals surface area contributed by atoms with Crippen LogP contribution in [0.3, 0.4) is 0 Å². The van der Waals surface area contributed by atoms with Crippen LogP contribution >= 0.6 is 0 Å². The number of methoxy groups -OCH3 is 1. The van der Waals surface area contributed by atoms with E-state index in [-0.39, 0.29) is 17.1 Å². The summed E-state index contributed by atoms with van der Waals surface area (Å²) in [6.07, 6.45) is 0. The number of aromatic amines is 2. The van der Waals surface area contributed by atoms with Crippen molar-refractivity contribution in [2.45, 2.75) is 11.4 Å². The van der Waals surface area contributed by atoms with E-state index in [4.69, 9.17) is 4.74 Å². The van der Waals surface area contributed by atoms with Gasteiger partial charge in [0.2, 0.25) is 10.0 Å². The summed E-state index contributed by atoms with van der Waals surface area (Å²) in [5, 5.41) is 0. The maximum Gasteiger partial charge on any atom is 0.323 e. The summed E-state index contributed by atoms with van der Waals surface area (Å²) in [5.41, 5.74) is 1.35. The molecule has 0 fully saturated rings. The minimum Gasteiger partial charge on any atom is -0.496 e. The number of aromatic nitrogens is 2. The van der Waals surface area contributed by atoms with E-state index in [0.717, 1.165) is 5.56 Å². The van der Waals surface area contributed by atoms with Crippen molar-refractivity contribution in [3.05, 3.63) is 58.5 Å². The van der Waals surface area contributed by atoms with Crippen LogP contribution in [0.15, 0.2) is 52.2 Å². The van der Waals surface area contributed by atoms with Gasteiger partial charge in [-0.1, -0.05) is 18.2 Å². The third-order valence-electron chi connectivity index (χ3n) is 3.44. The number of fused-ring (bicyclic) bond motifs is 1. The second-order valence-electron chi connectivity index (χ2n) is 4.92. The second-order valence-corrected chi connectivity index (χ2v) is 6.69. The maximum atomic E-state index is 12.4. The van der Waals surface area contributed by atoms with E-state index in [1.807, 2.05) is 12.1 Å². The van der Waals surface area contributed by atoms with Crippen molar-refractivity contribution in [1.29, 1.82) is 0 Å². The Morgan fingerprint density at radius 3 is 2.61 bits per heavy atom. The predicted octanol–water partition coefficient (Wildman–Crippen LogP) is 1.34. The molecule has 1 heterocycles. The molecule has 0 amide bonds. The quantitative estimate of drug-likeness (QED) is 0.655. The molecule has 0 spiro atoms. The maximum absolute atomic E-state index is 12.4. The van der Waals surface area contributed by atoms with Crippen LogP contribution < -0.4 is 15.1 Å². The number of benzene rings is 2. The van der Waals surface area contributed by atoms with Crippen molar-refractivity contribution in [2.75, 3.05) is 7.11 Å². The van der Waals surface area contributed by atoms with E-state index in [0.29, 0.717) is 16.8 Å². The molecule has 3 aromatic rings. The lowest BCUT2D eigenvalue weighted by Crippen LogP contribution is -2.23. The van der Waals surface area contributed by atoms with E-state index in [1.54, 1.807) is 18.2 Å². The van der Waals surface area contributed by atoms with Crippen molar-refractivity contribution in [3.8, 4) is 5.75 Å². The molecule has 120 valence electrons. The Bertz CT molecular complexity index is 1000. The molecule has 1 aromatic heterocycles. The molecule has 0 bridgehead atoms. The third kappa shape index (κ3) is 3.13. The molecular formula is C15H15N3O4S. The zero-order chi connectivity index (χ0) is 16.4. The summed E-state index contributed by atoms with van der Waals surface area (Å²) in [7, 11) is -2.18. The SMILES string of the molecule is COc1ccccc1CNS(=O)(=O)c1ccc2[nH]c(=O)[nH]c2c1. The fraction of sp³-hybridized carbons (Fsp3) is 0.133. The van der Waals surface area contributed by atoms with Crippen LogP contribution in [-0.2, 0) is 16.6 Å². The van der Waals surface area contributed by atoms with Crippen LogP contribution in [0.5, 0.6) is 5.75 Å². The molecule has 2 aromatic carbocycles. The molecule has 0 saturated carbocycles. The minimum absolute atomic E-state index is 0.0788. The summed E-state index contributed by atoms with van der Waals surface area (Å²) >= 11 is 0. The van der Waals surface area contributed by atoms with Gasteiger partial charge in [0.25, 0.3) is 0 Å². The number of nitrogens with one attached hydrogen (secondary N) is 3. The highest BCUT2D eigenvalue weighted by molar-refractivity contribution is 7.89. The highest BCUT2D eigenvalue weighted by Crippen LogP contribution is 2.19. The number of hydrogen-bond acceptors (Lipinski definition) is 4. The van der Waals surface area contributed by atoms with Crippen LogP contribution in [-0.4, -0.2) is 25.5 Å². The first-order chi connectivity index (χ1) is 11.0. The molecule has 0 aliphatic heterocycles. The zero-order valence-corrected chi connectivity index (χ0v) is 13.1. The van der Waals surface area contributed by atoms with Crippen LogP contribution in [0.2, 0.25) is 0 Å². The van der Waals surface area contributed by atoms with E-state index >= 15 is 0 Å². The smallest absolute Gasteiger partial charge is 0.323 e. The minimum atomic E-state index is -3.71. The van der Waals surface area contributed by atoms with Gasteiger partial charge in [-0.25, -0.2) is 17.9 Å². The van der Waals surface area contributed by atoms with Gasteiger partial charge in [-0.2, -0.15) is 0 Å². The van der Waals surface area contributed by atoms with Crippen molar-refractivity contribution in [1.82, 2.24) is 14.7 Å². The molecule has 0 saturated heterocycles. The number of hydrogen-bond donors (Lipinski definition) is 3. The number of imidazole rings is 1. The Morgan fingerprint density at radius 1 is 1.09 bits per heavy atom. The van der Waals surface area contributed by atoms with Crippen LogP contribution in [0.1, 0.15) is 5.56 Å². The van der Waals surface area contributed by atoms with Crippen LogP contribution in [0.4, 0.5) is 0 Å². The normalized spacial score (nSPS) is 11.7. The first-order valence-electron chi connectivity index (χ1n) is 6.83. The third-order valence-corrected chi connectivity index (χ3v) is 4.84. The van der Waals surface area contributed by atoms with Gasteiger partial charge in [-0.3, -0.25) is 0 Å². The van der Waals surface area contributed by atoms with Gasteiger partial charge in [0.1, 0.15) is 5.75 Å². The van der Waals surface area contributed by atoms with Gasteiger partial charge in [0.15, 0.2) is 0 Å². The fourth-order valence-electron chi connectivity index (χ4n) is 2.28. The molecule has 0 aliphatic rings. The first-order valence-corrected chi connectivity index (χ1v) is 8.31. The summed E-state index contributed by atoms with van der Waals surface area (Å²) in [4.78, 5) is 16.4. The Labute approximate surface area is 132 Å². The predicted molar refractivity (Wildman–Crippen MR) is 85.9 cm³/mol. The van der Waals surface area contributed by atoms with Crippen LogP contribution in [0, 0.1) is 0 Å². The molecule has 7 nitrogen and oxygen atoms in total. The number of ether oxygens (including phenoxy) is 1. The highest BCUT2D eigenvalue weighted by Gasteiger charge is 2.16. The van der Waals surface area contributed by atoms with Gasteiger partial charge in [0, 0.05) is 12.1 Å². The number of sulfonamides is 1. The molecule has 23 heavy (non-hydrogen) atoms. The molecular weight excluding hydrogens is 318 g/mol. The number of rotatable bonds is 5. The molecule has 0 aliphatic carbocycles. The van der Waals surface area contributed by atoms with E-state index in [9.17, 15) is 13.2 Å². The monoisotopic (exact) mass is 333 g/mol. The van der Waals surface area contributed by atoms with Crippen molar-refractivity contribution < 1.29 is 13.2 Å². The molecule has 3 N–H and O–H groups in total. The average molecular weight is 333 g/mol. The molecule has 0 atom stereocenters. The lowest BCUT2D eigenvalue weighted by Gasteiger charge is -2.10. The van der Waals surface area contributed by atoms with Gasteiger partial charge in [0.05, 0.1) is 23.0 Å². The van der Waals surface area contributed by atoms with Gasteiger partial charge in [-0.15, -0.1) is 0 Å². The van der Waals surface area contributed by atoms with Gasteiger partial charge in [-0.05, 0) is 24.3 Å². The Kier molecular flexibility index (Phi) is 3.93. The average Bonchev–Trinajstić information content (AvgIpc) is 2.92. The lowest BCUT2D eigenvalue weighted by molar-refractivity contribution is 0.409. The standard InChI is InChI=1S/C15H15N3O4S/c1-22-14-5-3-2-4-10(14)9-16-23(20,21)11-6-7-12-13(8-11)18-15(19)17-12/h2-8,16H,9H2,1H3,(H2,17,18,19). The Balaban J connectivity index is 1.86. The van der Waals surface area contributed by atoms with Gasteiger partial charge >= 0.3 is 5.69 Å². The van der Waals surface area contributed by atoms with E-state index in [2.05, 4.69) is 14.7 Å². The summed E-state index contributed by atoms with van der Waals surface area (Å²) in [6.45, 7) is 0.105. The summed E-state index contributed by atoms with van der Waals surface area (Å²) in [6, 6.07) is 11.6. The number of H-pyrrole nitrogens is 2. The fourth-order valence-corrected chi connectivity index (χ4v) is 3.32. The van der Waals surface area contributed by atoms with Crippen molar-refractivity contribution in [3.63, 3.8) is 0 Å². The molecule has 3 rings (SSSR count). The van der Waals surface area contributed by atoms with E-state index < -0.39 is 10.0 Å².